The van der Waals surface area contributed by atoms with Gasteiger partial charge < -0.3 is 0 Å². The van der Waals surface area contributed by atoms with Crippen molar-refractivity contribution < 1.29 is 4.79 Å². The van der Waals surface area contributed by atoms with Gasteiger partial charge in [-0.15, -0.1) is 0 Å². The van der Waals surface area contributed by atoms with Gasteiger partial charge in [-0.1, -0.05) is 39.7 Å². The van der Waals surface area contributed by atoms with Crippen LogP contribution < -0.4 is 0 Å². The van der Waals surface area contributed by atoms with E-state index in [0.29, 0.717) is 10.6 Å². The van der Waals surface area contributed by atoms with Crippen LogP contribution in [0.5, 0.6) is 0 Å². The first-order valence-corrected chi connectivity index (χ1v) is 4.89. The molecule has 1 nitrogen and oxygen atoms in total. The molecular formula is C10H8BrClO. The van der Waals surface area contributed by atoms with Gasteiger partial charge in [0, 0.05) is 10.0 Å². The Hall–Kier alpha value is -0.600. The highest BCUT2D eigenvalue weighted by Gasteiger charge is 2.01. The zero-order valence-corrected chi connectivity index (χ0v) is 9.39. The summed E-state index contributed by atoms with van der Waals surface area (Å²) >= 11 is 9.29. The number of carbonyl (C=O) groups is 1. The Bertz CT molecular complexity index is 358. The second kappa shape index (κ2) is 4.58. The van der Waals surface area contributed by atoms with Crippen LogP contribution in [0.3, 0.4) is 0 Å². The molecule has 1 rings (SSSR count). The number of halogens is 2. The highest BCUT2D eigenvalue weighted by Crippen LogP contribution is 2.24. The van der Waals surface area contributed by atoms with Crippen LogP contribution in [-0.2, 0) is 4.79 Å². The van der Waals surface area contributed by atoms with Gasteiger partial charge in [-0.05, 0) is 24.6 Å². The van der Waals surface area contributed by atoms with Crippen molar-refractivity contribution in [1.82, 2.24) is 0 Å². The summed E-state index contributed by atoms with van der Waals surface area (Å²) < 4.78 is 0.946. The van der Waals surface area contributed by atoms with E-state index in [1.54, 1.807) is 6.92 Å². The van der Waals surface area contributed by atoms with E-state index in [0.717, 1.165) is 16.3 Å². The summed E-state index contributed by atoms with van der Waals surface area (Å²) in [6, 6.07) is 7.51. The van der Waals surface area contributed by atoms with Gasteiger partial charge >= 0.3 is 0 Å². The van der Waals surface area contributed by atoms with Crippen LogP contribution >= 0.6 is 27.5 Å². The topological polar surface area (TPSA) is 17.1 Å². The van der Waals surface area contributed by atoms with Gasteiger partial charge in [0.05, 0.1) is 5.03 Å². The fourth-order valence-electron chi connectivity index (χ4n) is 0.904. The minimum Gasteiger partial charge on any atom is -0.298 e. The number of benzene rings is 1. The Morgan fingerprint density at radius 2 is 2.23 bits per heavy atom. The van der Waals surface area contributed by atoms with E-state index in [-0.39, 0.29) is 0 Å². The first kappa shape index (κ1) is 10.5. The van der Waals surface area contributed by atoms with Crippen molar-refractivity contribution in [2.24, 2.45) is 0 Å². The molecule has 0 amide bonds. The van der Waals surface area contributed by atoms with Crippen molar-refractivity contribution in [3.8, 4) is 0 Å². The molecule has 0 N–H and O–H groups in total. The predicted octanol–water partition coefficient (Wildman–Crippen LogP) is 3.62. The molecule has 1 aromatic rings. The summed E-state index contributed by atoms with van der Waals surface area (Å²) in [7, 11) is 0. The Kier molecular flexibility index (Phi) is 3.70. The molecule has 0 saturated carbocycles. The highest BCUT2D eigenvalue weighted by molar-refractivity contribution is 9.10. The number of hydrogen-bond acceptors (Lipinski definition) is 1. The van der Waals surface area contributed by atoms with Crippen molar-refractivity contribution in [1.29, 1.82) is 0 Å². The first-order valence-electron chi connectivity index (χ1n) is 3.72. The lowest BCUT2D eigenvalue weighted by Crippen LogP contribution is -1.83. The fraction of sp³-hybridized carbons (Fsp3) is 0.100. The highest BCUT2D eigenvalue weighted by atomic mass is 79.9. The molecule has 0 aromatic heterocycles. The van der Waals surface area contributed by atoms with Gasteiger partial charge in [0.25, 0.3) is 0 Å². The summed E-state index contributed by atoms with van der Waals surface area (Å²) in [5, 5.41) is 0.497. The van der Waals surface area contributed by atoms with E-state index in [1.807, 2.05) is 24.3 Å². The van der Waals surface area contributed by atoms with Gasteiger partial charge in [-0.2, -0.15) is 0 Å². The molecule has 0 radical (unpaired) electrons. The second-order valence-electron chi connectivity index (χ2n) is 2.63. The average Bonchev–Trinajstić information content (AvgIpc) is 2.15. The monoisotopic (exact) mass is 258 g/mol. The lowest BCUT2D eigenvalue weighted by molar-refractivity contribution is -0.104. The van der Waals surface area contributed by atoms with E-state index in [4.69, 9.17) is 11.6 Å². The molecule has 1 aromatic carbocycles. The average molecular weight is 260 g/mol. The summed E-state index contributed by atoms with van der Waals surface area (Å²) in [5.41, 5.74) is 1.39. The minimum absolute atomic E-state index is 0.497. The number of carbonyl (C=O) groups excluding carboxylic acids is 1. The SMILES string of the molecule is C/C(C=O)=C(/Cl)c1cccc(Br)c1. The van der Waals surface area contributed by atoms with E-state index < -0.39 is 0 Å². The van der Waals surface area contributed by atoms with Crippen LogP contribution in [0, 0.1) is 0 Å². The number of aldehydes is 1. The van der Waals surface area contributed by atoms with E-state index in [9.17, 15) is 4.79 Å². The van der Waals surface area contributed by atoms with Gasteiger partial charge in [-0.3, -0.25) is 4.79 Å². The Labute approximate surface area is 90.5 Å². The zero-order valence-electron chi connectivity index (χ0n) is 7.05. The molecule has 0 aliphatic rings. The molecule has 0 spiro atoms. The lowest BCUT2D eigenvalue weighted by atomic mass is 10.1. The Morgan fingerprint density at radius 1 is 1.54 bits per heavy atom. The van der Waals surface area contributed by atoms with E-state index in [1.165, 1.54) is 0 Å². The molecule has 3 heteroatoms. The summed E-state index contributed by atoms with van der Waals surface area (Å²) in [6.45, 7) is 1.69. The van der Waals surface area contributed by atoms with Crippen LogP contribution in [0.25, 0.3) is 5.03 Å². The van der Waals surface area contributed by atoms with Crippen molar-refractivity contribution in [2.75, 3.05) is 0 Å². The molecule has 0 aliphatic heterocycles. The molecule has 0 atom stereocenters. The van der Waals surface area contributed by atoms with Crippen LogP contribution in [0.2, 0.25) is 0 Å². The largest absolute Gasteiger partial charge is 0.298 e. The Morgan fingerprint density at radius 3 is 2.77 bits per heavy atom. The maximum atomic E-state index is 10.5. The third-order valence-electron chi connectivity index (χ3n) is 1.60. The summed E-state index contributed by atoms with van der Waals surface area (Å²) in [6.07, 6.45) is 0.753. The standard InChI is InChI=1S/C10H8BrClO/c1-7(6-13)10(12)8-3-2-4-9(11)5-8/h2-6H,1H3/b10-7-. The maximum Gasteiger partial charge on any atom is 0.147 e. The molecule has 0 aliphatic carbocycles. The molecule has 0 bridgehead atoms. The van der Waals surface area contributed by atoms with Crippen LogP contribution in [0.1, 0.15) is 12.5 Å². The van der Waals surface area contributed by atoms with Crippen LogP contribution in [0.4, 0.5) is 0 Å². The molecule has 0 saturated heterocycles. The Balaban J connectivity index is 3.16. The van der Waals surface area contributed by atoms with Crippen LogP contribution in [0.15, 0.2) is 34.3 Å². The quantitative estimate of drug-likeness (QED) is 0.586. The van der Waals surface area contributed by atoms with Gasteiger partial charge in [0.2, 0.25) is 0 Å². The molecule has 0 heterocycles. The summed E-state index contributed by atoms with van der Waals surface area (Å²) in [5.74, 6) is 0. The predicted molar refractivity (Wildman–Crippen MR) is 58.7 cm³/mol. The van der Waals surface area contributed by atoms with Crippen molar-refractivity contribution in [3.63, 3.8) is 0 Å². The number of rotatable bonds is 2. The molecule has 0 fully saturated rings. The van der Waals surface area contributed by atoms with Crippen LogP contribution in [-0.4, -0.2) is 6.29 Å². The smallest absolute Gasteiger partial charge is 0.147 e. The minimum atomic E-state index is 0.497. The molecule has 68 valence electrons. The van der Waals surface area contributed by atoms with Gasteiger partial charge in [0.1, 0.15) is 6.29 Å². The molecular weight excluding hydrogens is 251 g/mol. The number of hydrogen-bond donors (Lipinski definition) is 0. The van der Waals surface area contributed by atoms with Crippen molar-refractivity contribution >= 4 is 38.8 Å². The van der Waals surface area contributed by atoms with Crippen molar-refractivity contribution in [2.45, 2.75) is 6.92 Å². The van der Waals surface area contributed by atoms with Crippen molar-refractivity contribution in [3.05, 3.63) is 39.9 Å². The maximum absolute atomic E-state index is 10.5. The second-order valence-corrected chi connectivity index (χ2v) is 3.92. The van der Waals surface area contributed by atoms with E-state index >= 15 is 0 Å². The number of allylic oxidation sites excluding steroid dienone is 1. The third kappa shape index (κ3) is 2.68. The van der Waals surface area contributed by atoms with E-state index in [2.05, 4.69) is 15.9 Å². The zero-order chi connectivity index (χ0) is 9.84. The summed E-state index contributed by atoms with van der Waals surface area (Å²) in [4.78, 5) is 10.5. The first-order chi connectivity index (χ1) is 6.15. The van der Waals surface area contributed by atoms with Gasteiger partial charge in [0.15, 0.2) is 0 Å². The van der Waals surface area contributed by atoms with Gasteiger partial charge in [-0.25, -0.2) is 0 Å². The normalized spacial score (nSPS) is 12.2. The molecule has 0 unspecified atom stereocenters. The third-order valence-corrected chi connectivity index (χ3v) is 2.61. The molecule has 13 heavy (non-hydrogen) atoms. The fourth-order valence-corrected chi connectivity index (χ4v) is 1.47. The lowest BCUT2D eigenvalue weighted by Gasteiger charge is -2.00.